The minimum atomic E-state index is -0.0239. The molecule has 0 aliphatic carbocycles. The molecule has 0 saturated carbocycles. The Balaban J connectivity index is 1.60. The summed E-state index contributed by atoms with van der Waals surface area (Å²) >= 11 is 5.07. The molecule has 1 heterocycles. The van der Waals surface area contributed by atoms with Gasteiger partial charge in [-0.1, -0.05) is 22.0 Å². The number of hydrogen-bond acceptors (Lipinski definition) is 3. The SMILES string of the molecule is O=C(NCCCNCc1ccsc1)c1cccc(Br)c1. The third-order valence-electron chi connectivity index (χ3n) is 2.81. The van der Waals surface area contributed by atoms with Crippen LogP contribution in [0.5, 0.6) is 0 Å². The first-order valence-corrected chi connectivity index (χ1v) is 8.25. The molecule has 106 valence electrons. The van der Waals surface area contributed by atoms with Crippen molar-refractivity contribution in [3.63, 3.8) is 0 Å². The van der Waals surface area contributed by atoms with Crippen LogP contribution in [0.3, 0.4) is 0 Å². The van der Waals surface area contributed by atoms with Crippen LogP contribution in [0.25, 0.3) is 0 Å². The Morgan fingerprint density at radius 1 is 1.25 bits per heavy atom. The first-order valence-electron chi connectivity index (χ1n) is 6.51. The molecule has 0 bridgehead atoms. The largest absolute Gasteiger partial charge is 0.352 e. The molecule has 3 nitrogen and oxygen atoms in total. The number of hydrogen-bond donors (Lipinski definition) is 2. The lowest BCUT2D eigenvalue weighted by molar-refractivity contribution is 0.0953. The van der Waals surface area contributed by atoms with Crippen molar-refractivity contribution in [1.29, 1.82) is 0 Å². The van der Waals surface area contributed by atoms with Crippen LogP contribution in [0.4, 0.5) is 0 Å². The number of carbonyl (C=O) groups excluding carboxylic acids is 1. The lowest BCUT2D eigenvalue weighted by Gasteiger charge is -2.06. The Morgan fingerprint density at radius 2 is 2.15 bits per heavy atom. The topological polar surface area (TPSA) is 41.1 Å². The number of nitrogens with one attached hydrogen (secondary N) is 2. The van der Waals surface area contributed by atoms with Crippen LogP contribution in [0, 0.1) is 0 Å². The fraction of sp³-hybridized carbons (Fsp3) is 0.267. The van der Waals surface area contributed by atoms with Crippen molar-refractivity contribution in [2.45, 2.75) is 13.0 Å². The zero-order valence-corrected chi connectivity index (χ0v) is 13.5. The fourth-order valence-electron chi connectivity index (χ4n) is 1.77. The predicted molar refractivity (Wildman–Crippen MR) is 87.1 cm³/mol. The van der Waals surface area contributed by atoms with Crippen LogP contribution in [0.2, 0.25) is 0 Å². The third-order valence-corrected chi connectivity index (χ3v) is 4.04. The molecule has 20 heavy (non-hydrogen) atoms. The minimum Gasteiger partial charge on any atom is -0.352 e. The lowest BCUT2D eigenvalue weighted by atomic mass is 10.2. The Labute approximate surface area is 131 Å². The summed E-state index contributed by atoms with van der Waals surface area (Å²) in [6, 6.07) is 9.53. The molecule has 5 heteroatoms. The third kappa shape index (κ3) is 5.07. The molecule has 2 aromatic rings. The molecule has 0 fully saturated rings. The molecule has 0 aliphatic rings. The van der Waals surface area contributed by atoms with Gasteiger partial charge in [-0.15, -0.1) is 0 Å². The highest BCUT2D eigenvalue weighted by atomic mass is 79.9. The summed E-state index contributed by atoms with van der Waals surface area (Å²) in [4.78, 5) is 11.9. The van der Waals surface area contributed by atoms with Gasteiger partial charge in [0.2, 0.25) is 0 Å². The van der Waals surface area contributed by atoms with E-state index in [4.69, 9.17) is 0 Å². The van der Waals surface area contributed by atoms with Crippen molar-refractivity contribution in [3.8, 4) is 0 Å². The van der Waals surface area contributed by atoms with E-state index in [0.717, 1.165) is 24.0 Å². The van der Waals surface area contributed by atoms with Crippen molar-refractivity contribution in [2.24, 2.45) is 0 Å². The van der Waals surface area contributed by atoms with Gasteiger partial charge in [0.15, 0.2) is 0 Å². The Hall–Kier alpha value is -1.17. The molecule has 0 saturated heterocycles. The van der Waals surface area contributed by atoms with E-state index in [0.29, 0.717) is 12.1 Å². The van der Waals surface area contributed by atoms with Crippen molar-refractivity contribution < 1.29 is 4.79 Å². The van der Waals surface area contributed by atoms with Crippen LogP contribution < -0.4 is 10.6 Å². The van der Waals surface area contributed by atoms with E-state index in [1.807, 2.05) is 24.3 Å². The van der Waals surface area contributed by atoms with Crippen molar-refractivity contribution >= 4 is 33.2 Å². The van der Waals surface area contributed by atoms with Crippen LogP contribution >= 0.6 is 27.3 Å². The van der Waals surface area contributed by atoms with Gasteiger partial charge in [0, 0.05) is 23.1 Å². The van der Waals surface area contributed by atoms with Gasteiger partial charge < -0.3 is 10.6 Å². The number of rotatable bonds is 7. The second-order valence-electron chi connectivity index (χ2n) is 4.43. The first-order chi connectivity index (χ1) is 9.75. The zero-order chi connectivity index (χ0) is 14.2. The van der Waals surface area contributed by atoms with Gasteiger partial charge in [-0.05, 0) is 53.6 Å². The maximum Gasteiger partial charge on any atom is 0.251 e. The number of thiophene rings is 1. The van der Waals surface area contributed by atoms with Gasteiger partial charge in [-0.3, -0.25) is 4.79 Å². The molecule has 2 rings (SSSR count). The van der Waals surface area contributed by atoms with E-state index in [-0.39, 0.29) is 5.91 Å². The monoisotopic (exact) mass is 352 g/mol. The van der Waals surface area contributed by atoms with E-state index in [1.165, 1.54) is 5.56 Å². The highest BCUT2D eigenvalue weighted by molar-refractivity contribution is 9.10. The maximum atomic E-state index is 11.9. The van der Waals surface area contributed by atoms with E-state index in [1.54, 1.807) is 11.3 Å². The van der Waals surface area contributed by atoms with Gasteiger partial charge in [0.1, 0.15) is 0 Å². The zero-order valence-electron chi connectivity index (χ0n) is 11.1. The summed E-state index contributed by atoms with van der Waals surface area (Å²) in [6.07, 6.45) is 0.921. The number of halogens is 1. The van der Waals surface area contributed by atoms with Gasteiger partial charge in [0.25, 0.3) is 5.91 Å². The van der Waals surface area contributed by atoms with E-state index in [2.05, 4.69) is 43.4 Å². The quantitative estimate of drug-likeness (QED) is 0.749. The van der Waals surface area contributed by atoms with E-state index in [9.17, 15) is 4.79 Å². The van der Waals surface area contributed by atoms with Crippen molar-refractivity contribution in [3.05, 3.63) is 56.7 Å². The average molecular weight is 353 g/mol. The summed E-state index contributed by atoms with van der Waals surface area (Å²) in [5.41, 5.74) is 2.00. The summed E-state index contributed by atoms with van der Waals surface area (Å²) in [6.45, 7) is 2.47. The highest BCUT2D eigenvalue weighted by Gasteiger charge is 2.04. The molecule has 0 spiro atoms. The summed E-state index contributed by atoms with van der Waals surface area (Å²) in [5.74, 6) is -0.0239. The lowest BCUT2D eigenvalue weighted by Crippen LogP contribution is -2.27. The van der Waals surface area contributed by atoms with Crippen LogP contribution in [0.1, 0.15) is 22.3 Å². The first kappa shape index (κ1) is 15.2. The highest BCUT2D eigenvalue weighted by Crippen LogP contribution is 2.11. The minimum absolute atomic E-state index is 0.0239. The molecule has 0 radical (unpaired) electrons. The molecule has 0 aliphatic heterocycles. The maximum absolute atomic E-state index is 11.9. The van der Waals surface area contributed by atoms with E-state index < -0.39 is 0 Å². The Kier molecular flexibility index (Phi) is 6.24. The molecule has 0 unspecified atom stereocenters. The Bertz CT molecular complexity index is 543. The predicted octanol–water partition coefficient (Wildman–Crippen LogP) is 3.42. The summed E-state index contributed by atoms with van der Waals surface area (Å²) in [5, 5.41) is 10.5. The second kappa shape index (κ2) is 8.19. The molecule has 0 atom stereocenters. The second-order valence-corrected chi connectivity index (χ2v) is 6.12. The van der Waals surface area contributed by atoms with Crippen molar-refractivity contribution in [2.75, 3.05) is 13.1 Å². The number of benzene rings is 1. The number of carbonyl (C=O) groups is 1. The van der Waals surface area contributed by atoms with Crippen LogP contribution in [-0.2, 0) is 6.54 Å². The van der Waals surface area contributed by atoms with Crippen LogP contribution in [-0.4, -0.2) is 19.0 Å². The van der Waals surface area contributed by atoms with Gasteiger partial charge in [-0.25, -0.2) is 0 Å². The summed E-state index contributed by atoms with van der Waals surface area (Å²) in [7, 11) is 0. The van der Waals surface area contributed by atoms with Gasteiger partial charge in [-0.2, -0.15) is 11.3 Å². The molecule has 2 N–H and O–H groups in total. The normalized spacial score (nSPS) is 10.4. The number of amides is 1. The molecule has 1 amide bonds. The molecule has 1 aromatic carbocycles. The average Bonchev–Trinajstić information content (AvgIpc) is 2.95. The van der Waals surface area contributed by atoms with Crippen LogP contribution in [0.15, 0.2) is 45.6 Å². The van der Waals surface area contributed by atoms with Gasteiger partial charge in [0.05, 0.1) is 0 Å². The van der Waals surface area contributed by atoms with Crippen molar-refractivity contribution in [1.82, 2.24) is 10.6 Å². The summed E-state index contributed by atoms with van der Waals surface area (Å²) < 4.78 is 0.919. The molecular formula is C15H17BrN2OS. The molecule has 1 aromatic heterocycles. The standard InChI is InChI=1S/C15H17BrN2OS/c16-14-4-1-3-13(9-14)15(19)18-7-2-6-17-10-12-5-8-20-11-12/h1,3-5,8-9,11,17H,2,6-7,10H2,(H,18,19). The smallest absolute Gasteiger partial charge is 0.251 e. The van der Waals surface area contributed by atoms with E-state index >= 15 is 0 Å². The Morgan fingerprint density at radius 3 is 2.90 bits per heavy atom. The van der Waals surface area contributed by atoms with Gasteiger partial charge >= 0.3 is 0 Å². The fourth-order valence-corrected chi connectivity index (χ4v) is 2.84. The molecular weight excluding hydrogens is 336 g/mol.